The molecule has 3 heterocycles. The van der Waals surface area contributed by atoms with Crippen molar-refractivity contribution in [1.29, 1.82) is 0 Å². The molecule has 2 saturated heterocycles. The second-order valence-corrected chi connectivity index (χ2v) is 28.0. The number of carbonyl (C=O) groups is 13. The van der Waals surface area contributed by atoms with Crippen LogP contribution in [-0.2, 0) is 86.0 Å². The summed E-state index contributed by atoms with van der Waals surface area (Å²) in [5.74, 6) is -9.79. The molecule has 2 aromatic carbocycles. The lowest BCUT2D eigenvalue weighted by Gasteiger charge is -2.32. The van der Waals surface area contributed by atoms with E-state index in [1.807, 2.05) is 30.0 Å². The molecule has 13 N–H and O–H groups in total. The number of primary amides is 1. The summed E-state index contributed by atoms with van der Waals surface area (Å²) >= 11 is 4.04. The Morgan fingerprint density at radius 1 is 0.657 bits per heavy atom. The number of likely N-dealkylation sites (N-methyl/N-ethyl adjacent to an activating group) is 1. The summed E-state index contributed by atoms with van der Waals surface area (Å²) in [5, 5.41) is 66.2. The first-order chi connectivity index (χ1) is 47.2. The number of thioether (sulfide) groups is 3. The fourth-order valence-corrected chi connectivity index (χ4v) is 14.1. The van der Waals surface area contributed by atoms with E-state index in [9.17, 15) is 87.9 Å². The highest BCUT2D eigenvalue weighted by Crippen LogP contribution is 2.25. The van der Waals surface area contributed by atoms with Crippen LogP contribution in [0.3, 0.4) is 0 Å². The largest absolute Gasteiger partial charge is 0.480 e. The molecule has 9 amide bonds. The summed E-state index contributed by atoms with van der Waals surface area (Å²) in [6.07, 6.45) is 0.271. The topological polar surface area (TPSA) is 441 Å². The van der Waals surface area contributed by atoms with Crippen LogP contribution < -0.4 is 37.6 Å². The molecule has 0 spiro atoms. The van der Waals surface area contributed by atoms with Gasteiger partial charge in [-0.05, 0) is 54.9 Å². The smallest absolute Gasteiger partial charge is 0.327 e. The molecule has 99 heavy (non-hydrogen) atoms. The average molecular weight is 1440 g/mol. The van der Waals surface area contributed by atoms with Gasteiger partial charge >= 0.3 is 23.9 Å². The number of nitrogens with zero attached hydrogens (tertiary/aromatic N) is 6. The SMILES string of the molecule is CCCCCC(=O)N[C@H]1CSCc2cc(CSCCNC(=O)CN3CCN(CC(=O)O)CCN(CC(=O)O)CCN(CC(=O)O)CC3)cc(c2)CSC[C@@H](C(=O)O)NC(=O)[C@H](Cc2ccccc2)NC(=O)[C@H](CCC(N)=O)NC(=O)[C@H]([C@@H](C)O)NC(=O)[C@@H]2CCCN2C(=O)CN(C)C1=O. The number of aliphatic hydroxyl groups excluding tert-OH is 1. The van der Waals surface area contributed by atoms with Crippen molar-refractivity contribution in [2.45, 2.75) is 131 Å². The third-order valence-electron chi connectivity index (χ3n) is 16.6. The molecule has 34 heteroatoms. The van der Waals surface area contributed by atoms with Gasteiger partial charge in [-0.3, -0.25) is 77.1 Å². The molecule has 3 aliphatic heterocycles. The molecular weight excluding hydrogens is 1350 g/mol. The third-order valence-corrected chi connectivity index (χ3v) is 19.8. The Morgan fingerprint density at radius 3 is 1.76 bits per heavy atom. The van der Waals surface area contributed by atoms with Crippen molar-refractivity contribution in [2.75, 3.05) is 122 Å². The van der Waals surface area contributed by atoms with Crippen LogP contribution in [0.1, 0.15) is 87.5 Å². The van der Waals surface area contributed by atoms with Crippen LogP contribution in [0.4, 0.5) is 0 Å². The molecule has 548 valence electrons. The predicted molar refractivity (Wildman–Crippen MR) is 371 cm³/mol. The van der Waals surface area contributed by atoms with Crippen molar-refractivity contribution in [3.63, 3.8) is 0 Å². The summed E-state index contributed by atoms with van der Waals surface area (Å²) in [5.41, 5.74) is 8.45. The zero-order chi connectivity index (χ0) is 72.6. The van der Waals surface area contributed by atoms with Crippen LogP contribution in [0.2, 0.25) is 0 Å². The second-order valence-electron chi connectivity index (χ2n) is 24.8. The normalized spacial score (nSPS) is 22.3. The van der Waals surface area contributed by atoms with Gasteiger partial charge in [-0.15, -0.1) is 0 Å². The third kappa shape index (κ3) is 30.4. The Hall–Kier alpha value is -7.60. The van der Waals surface area contributed by atoms with Gasteiger partial charge in [0.1, 0.15) is 36.3 Å². The van der Waals surface area contributed by atoms with Gasteiger partial charge in [-0.1, -0.05) is 68.3 Å². The van der Waals surface area contributed by atoms with Gasteiger partial charge < -0.3 is 73.0 Å². The highest BCUT2D eigenvalue weighted by atomic mass is 32.2. The molecule has 0 radical (unpaired) electrons. The van der Waals surface area contributed by atoms with E-state index in [1.54, 1.807) is 45.0 Å². The number of amides is 9. The Morgan fingerprint density at radius 2 is 1.21 bits per heavy atom. The fraction of sp³-hybridized carbons (Fsp3) is 0.615. The molecule has 31 nitrogen and oxygen atoms in total. The number of hydrogen-bond acceptors (Lipinski definition) is 21. The first-order valence-corrected chi connectivity index (χ1v) is 36.6. The summed E-state index contributed by atoms with van der Waals surface area (Å²) < 4.78 is 0. The van der Waals surface area contributed by atoms with Crippen molar-refractivity contribution in [2.24, 2.45) is 5.73 Å². The second kappa shape index (κ2) is 43.1. The van der Waals surface area contributed by atoms with Crippen molar-refractivity contribution < 1.29 is 87.9 Å². The van der Waals surface area contributed by atoms with Gasteiger partial charge in [0, 0.05) is 126 Å². The zero-order valence-electron chi connectivity index (χ0n) is 56.4. The lowest BCUT2D eigenvalue weighted by Crippen LogP contribution is -2.61. The monoisotopic (exact) mass is 1440 g/mol. The maximum absolute atomic E-state index is 14.4. The molecule has 7 atom stereocenters. The molecule has 0 aliphatic carbocycles. The lowest BCUT2D eigenvalue weighted by molar-refractivity contribution is -0.144. The van der Waals surface area contributed by atoms with Crippen LogP contribution in [0.15, 0.2) is 48.5 Å². The highest BCUT2D eigenvalue weighted by Gasteiger charge is 2.40. The van der Waals surface area contributed by atoms with Gasteiger partial charge in [0.2, 0.25) is 53.2 Å². The van der Waals surface area contributed by atoms with Crippen molar-refractivity contribution in [1.82, 2.24) is 61.3 Å². The van der Waals surface area contributed by atoms with Crippen LogP contribution in [0, 0.1) is 0 Å². The Balaban J connectivity index is 1.41. The number of carboxylic acid groups (broad SMARTS) is 4. The highest BCUT2D eigenvalue weighted by molar-refractivity contribution is 7.99. The molecule has 0 saturated carbocycles. The van der Waals surface area contributed by atoms with Crippen molar-refractivity contribution in [3.8, 4) is 0 Å². The number of nitrogens with two attached hydrogens (primary N) is 1. The number of fused-ring (bicyclic) bond motifs is 3. The minimum absolute atomic E-state index is 0.0677. The van der Waals surface area contributed by atoms with E-state index in [1.165, 1.54) is 59.1 Å². The van der Waals surface area contributed by atoms with Gasteiger partial charge in [-0.25, -0.2) is 4.79 Å². The summed E-state index contributed by atoms with van der Waals surface area (Å²) in [7, 11) is 1.41. The Labute approximate surface area is 588 Å². The number of carboxylic acids is 4. The molecule has 0 aromatic heterocycles. The predicted octanol–water partition coefficient (Wildman–Crippen LogP) is -1.58. The number of carbonyl (C=O) groups excluding carboxylic acids is 9. The van der Waals surface area contributed by atoms with E-state index in [-0.39, 0.29) is 140 Å². The average Bonchev–Trinajstić information content (AvgIpc) is 1.80. The summed E-state index contributed by atoms with van der Waals surface area (Å²) in [4.78, 5) is 182. The number of unbranched alkanes of at least 4 members (excludes halogenated alkanes) is 2. The minimum atomic E-state index is -1.72. The van der Waals surface area contributed by atoms with Crippen LogP contribution in [0.25, 0.3) is 0 Å². The van der Waals surface area contributed by atoms with E-state index in [2.05, 4.69) is 31.9 Å². The number of benzene rings is 2. The van der Waals surface area contributed by atoms with Crippen molar-refractivity contribution in [3.05, 3.63) is 70.8 Å². The van der Waals surface area contributed by atoms with Crippen LogP contribution in [-0.4, -0.2) is 297 Å². The fourth-order valence-electron chi connectivity index (χ4n) is 11.4. The summed E-state index contributed by atoms with van der Waals surface area (Å²) in [6, 6.07) is 5.77. The van der Waals surface area contributed by atoms with Gasteiger partial charge in [0.05, 0.1) is 38.8 Å². The quantitative estimate of drug-likeness (QED) is 0.0499. The van der Waals surface area contributed by atoms with E-state index in [0.29, 0.717) is 35.7 Å². The van der Waals surface area contributed by atoms with Crippen LogP contribution >= 0.6 is 35.3 Å². The summed E-state index contributed by atoms with van der Waals surface area (Å²) in [6.45, 7) is 3.91. The molecule has 3 aliphatic rings. The molecule has 2 bridgehead atoms. The van der Waals surface area contributed by atoms with Gasteiger partial charge in [0.15, 0.2) is 0 Å². The number of nitrogens with one attached hydrogen (secondary N) is 6. The number of aliphatic hydroxyl groups is 1. The lowest BCUT2D eigenvalue weighted by atomic mass is 10.0. The maximum atomic E-state index is 14.4. The van der Waals surface area contributed by atoms with Gasteiger partial charge in [-0.2, -0.15) is 35.3 Å². The Bertz CT molecular complexity index is 3050. The first-order valence-electron chi connectivity index (χ1n) is 33.1. The molecule has 5 rings (SSSR count). The molecule has 0 unspecified atom stereocenters. The van der Waals surface area contributed by atoms with E-state index in [0.717, 1.165) is 29.5 Å². The molecular formula is C65H97N13O18S3. The van der Waals surface area contributed by atoms with Gasteiger partial charge in [0.25, 0.3) is 0 Å². The number of hydrogen-bond donors (Lipinski definition) is 12. The number of rotatable bonds is 25. The van der Waals surface area contributed by atoms with Crippen LogP contribution in [0.5, 0.6) is 0 Å². The molecule has 2 fully saturated rings. The minimum Gasteiger partial charge on any atom is -0.480 e. The molecule has 2 aromatic rings. The van der Waals surface area contributed by atoms with E-state index < -0.39 is 127 Å². The standard InChI is InChI=1S/C65H97N13O18S3/c1-4-5-7-14-53(81)68-49-40-98-38-45-28-44(37-97-27-17-67-54(82)32-74-19-21-75(34-56(84)85)23-25-77(36-58(88)89)26-24-76(22-20-74)35-57(86)87)29-46(30-45)39-99-41-50(65(95)96)71-61(91)48(31-43-11-8-6-9-12-43)70-60(90)47(15-16-52(66)80)69-63(93)59(42(2)79)72-62(92)51-13-10-18-78(51)55(83)33-73(3)64(49)94/h6,8-9,11-12,28-30,42,47-51,59,79H,4-5,7,10,13-27,31-41H2,1-3H3,(H2,66,80)(H,67,82)(H,68,81)(H,69,93)(H,70,90)(H,71,91)(H,72,92)(H,84,85)(H,86,87)(H,88,89)(H,95,96)/t42-,47+,48+,49+,50+,51+,59+/m1/s1. The van der Waals surface area contributed by atoms with E-state index >= 15 is 0 Å². The van der Waals surface area contributed by atoms with Crippen molar-refractivity contribution >= 4 is 112 Å². The zero-order valence-corrected chi connectivity index (χ0v) is 58.9. The number of aliphatic carboxylic acids is 4. The van der Waals surface area contributed by atoms with E-state index in [4.69, 9.17) is 5.73 Å². The first kappa shape index (κ1) is 82.1. The maximum Gasteiger partial charge on any atom is 0.327 e. The Kier molecular flexibility index (Phi) is 35.8.